The van der Waals surface area contributed by atoms with Gasteiger partial charge in [-0.15, -0.1) is 0 Å². The number of rotatable bonds is 11. The maximum atomic E-state index is 12.4. The average molecular weight is 432 g/mol. The molecule has 2 aromatic carbocycles. The number of hydrogen-bond donors (Lipinski definition) is 2. The normalized spacial score (nSPS) is 10.3. The summed E-state index contributed by atoms with van der Waals surface area (Å²) in [7, 11) is 4.09. The summed E-state index contributed by atoms with van der Waals surface area (Å²) in [5, 5.41) is 18.8. The maximum Gasteiger partial charge on any atom is 0.231 e. The van der Waals surface area contributed by atoms with Crippen LogP contribution in [0, 0.1) is 0 Å². The summed E-state index contributed by atoms with van der Waals surface area (Å²) in [5.41, 5.74) is -0.285. The van der Waals surface area contributed by atoms with E-state index in [1.165, 1.54) is 33.5 Å². The van der Waals surface area contributed by atoms with E-state index < -0.39 is 47.8 Å². The van der Waals surface area contributed by atoms with Crippen LogP contribution in [-0.2, 0) is 14.3 Å². The first-order valence-corrected chi connectivity index (χ1v) is 8.77. The molecule has 0 radical (unpaired) electrons. The topological polar surface area (TPSA) is 146 Å². The van der Waals surface area contributed by atoms with Gasteiger partial charge in [0.05, 0.1) is 21.3 Å². The van der Waals surface area contributed by atoms with E-state index in [0.717, 1.165) is 18.2 Å². The van der Waals surface area contributed by atoms with Gasteiger partial charge in [-0.05, 0) is 24.3 Å². The number of aromatic hydroxyl groups is 2. The van der Waals surface area contributed by atoms with Gasteiger partial charge in [0.1, 0.15) is 24.7 Å². The van der Waals surface area contributed by atoms with E-state index in [4.69, 9.17) is 18.9 Å². The Labute approximate surface area is 176 Å². The molecule has 0 saturated heterocycles. The monoisotopic (exact) mass is 432 g/mol. The largest absolute Gasteiger partial charge is 0.508 e. The lowest BCUT2D eigenvalue weighted by Crippen LogP contribution is -2.25. The van der Waals surface area contributed by atoms with Crippen molar-refractivity contribution in [2.75, 3.05) is 34.5 Å². The summed E-state index contributed by atoms with van der Waals surface area (Å²) in [5.74, 6) is -4.16. The molecule has 0 fully saturated rings. The molecule has 0 amide bonds. The van der Waals surface area contributed by atoms with E-state index in [9.17, 15) is 29.4 Å². The van der Waals surface area contributed by atoms with Gasteiger partial charge in [-0.3, -0.25) is 19.2 Å². The molecule has 10 heteroatoms. The van der Waals surface area contributed by atoms with E-state index in [0.29, 0.717) is 0 Å². The molecule has 2 rings (SSSR count). The lowest BCUT2D eigenvalue weighted by Gasteiger charge is -2.13. The van der Waals surface area contributed by atoms with Crippen LogP contribution < -0.4 is 14.2 Å². The molecule has 0 aromatic heterocycles. The van der Waals surface area contributed by atoms with Crippen LogP contribution in [0.2, 0.25) is 0 Å². The molecule has 0 aliphatic heterocycles. The van der Waals surface area contributed by atoms with Gasteiger partial charge >= 0.3 is 0 Å². The van der Waals surface area contributed by atoms with Crippen LogP contribution in [0.1, 0.15) is 20.7 Å². The number of carbonyl (C=O) groups excluding carboxylic acids is 4. The number of phenolic OH excluding ortho intramolecular Hbond substituents is 2. The van der Waals surface area contributed by atoms with Crippen molar-refractivity contribution in [1.82, 2.24) is 0 Å². The highest BCUT2D eigenvalue weighted by atomic mass is 16.5. The molecule has 0 atom stereocenters. The third kappa shape index (κ3) is 5.58. The van der Waals surface area contributed by atoms with Crippen molar-refractivity contribution in [3.8, 4) is 28.7 Å². The van der Waals surface area contributed by atoms with Crippen LogP contribution in [0.5, 0.6) is 28.7 Å². The lowest BCUT2D eigenvalue weighted by atomic mass is 10.1. The fourth-order valence-corrected chi connectivity index (χ4v) is 2.63. The van der Waals surface area contributed by atoms with Crippen molar-refractivity contribution in [1.29, 1.82) is 0 Å². The number of ether oxygens (including phenoxy) is 4. The Hall–Kier alpha value is -3.92. The van der Waals surface area contributed by atoms with Crippen LogP contribution in [0.25, 0.3) is 0 Å². The quantitative estimate of drug-likeness (QED) is 0.394. The van der Waals surface area contributed by atoms with Gasteiger partial charge in [-0.1, -0.05) is 0 Å². The molecule has 0 spiro atoms. The minimum absolute atomic E-state index is 0.0410. The van der Waals surface area contributed by atoms with E-state index in [1.54, 1.807) is 0 Å². The predicted octanol–water partition coefficient (Wildman–Crippen LogP) is 1.34. The molecular weight excluding hydrogens is 412 g/mol. The van der Waals surface area contributed by atoms with Crippen molar-refractivity contribution in [3.05, 3.63) is 41.5 Å². The molecule has 2 N–H and O–H groups in total. The number of carbonyl (C=O) groups is 4. The van der Waals surface area contributed by atoms with Crippen LogP contribution in [0.3, 0.4) is 0 Å². The first-order chi connectivity index (χ1) is 14.7. The Balaban J connectivity index is 2.02. The van der Waals surface area contributed by atoms with Crippen LogP contribution in [-0.4, -0.2) is 67.9 Å². The van der Waals surface area contributed by atoms with Gasteiger partial charge in [-0.25, -0.2) is 0 Å². The number of phenols is 2. The Morgan fingerprint density at radius 1 is 0.677 bits per heavy atom. The van der Waals surface area contributed by atoms with Crippen molar-refractivity contribution >= 4 is 23.1 Å². The van der Waals surface area contributed by atoms with E-state index in [1.807, 2.05) is 0 Å². The van der Waals surface area contributed by atoms with Crippen LogP contribution >= 0.6 is 0 Å². The van der Waals surface area contributed by atoms with Gasteiger partial charge in [0, 0.05) is 17.2 Å². The molecular formula is C21H20O10. The van der Waals surface area contributed by atoms with Crippen LogP contribution in [0.4, 0.5) is 0 Å². The second kappa shape index (κ2) is 10.2. The average Bonchev–Trinajstić information content (AvgIpc) is 2.75. The summed E-state index contributed by atoms with van der Waals surface area (Å²) < 4.78 is 20.3. The first-order valence-electron chi connectivity index (χ1n) is 8.77. The molecule has 0 unspecified atom stereocenters. The van der Waals surface area contributed by atoms with Gasteiger partial charge < -0.3 is 29.2 Å². The predicted molar refractivity (Wildman–Crippen MR) is 105 cm³/mol. The SMILES string of the molecule is COc1cc(C(=O)C(=O)COCC(=O)C(=O)c2cc(O)cc(O)c2)cc(OC)c1OC. The fraction of sp³-hybridized carbons (Fsp3) is 0.238. The molecule has 2 aromatic rings. The minimum atomic E-state index is -1.03. The summed E-state index contributed by atoms with van der Waals surface area (Å²) in [6, 6.07) is 5.58. The standard InChI is InChI=1S/C21H20O10/c1-28-17-6-12(7-18(29-2)21(17)30-3)20(27)16(25)10-31-9-15(24)19(26)11-4-13(22)8-14(23)5-11/h4-8,22-23H,9-10H2,1-3H3. The van der Waals surface area contributed by atoms with Gasteiger partial charge in [0.2, 0.25) is 28.9 Å². The molecule has 31 heavy (non-hydrogen) atoms. The number of methoxy groups -OCH3 is 3. The molecule has 0 saturated carbocycles. The Morgan fingerprint density at radius 2 is 1.10 bits per heavy atom. The van der Waals surface area contributed by atoms with Gasteiger partial charge in [-0.2, -0.15) is 0 Å². The zero-order valence-corrected chi connectivity index (χ0v) is 17.0. The van der Waals surface area contributed by atoms with Crippen molar-refractivity contribution < 1.29 is 48.3 Å². The van der Waals surface area contributed by atoms with Crippen LogP contribution in [0.15, 0.2) is 30.3 Å². The number of Topliss-reactive ketones (excluding diaryl/α,β-unsaturated/α-hetero) is 4. The third-order valence-corrected chi connectivity index (χ3v) is 4.06. The Morgan fingerprint density at radius 3 is 1.48 bits per heavy atom. The second-order valence-corrected chi connectivity index (χ2v) is 6.15. The van der Waals surface area contributed by atoms with E-state index in [-0.39, 0.29) is 28.4 Å². The smallest absolute Gasteiger partial charge is 0.231 e. The zero-order chi connectivity index (χ0) is 23.1. The number of benzene rings is 2. The minimum Gasteiger partial charge on any atom is -0.508 e. The number of hydrogen-bond acceptors (Lipinski definition) is 10. The Kier molecular flexibility index (Phi) is 7.70. The molecule has 0 bridgehead atoms. The van der Waals surface area contributed by atoms with E-state index >= 15 is 0 Å². The lowest BCUT2D eigenvalue weighted by molar-refractivity contribution is -0.124. The Bertz CT molecular complexity index is 980. The summed E-state index contributed by atoms with van der Waals surface area (Å²) in [6.07, 6.45) is 0. The summed E-state index contributed by atoms with van der Waals surface area (Å²) in [6.45, 7) is -1.52. The fourth-order valence-electron chi connectivity index (χ4n) is 2.63. The molecule has 0 aliphatic carbocycles. The maximum absolute atomic E-state index is 12.4. The van der Waals surface area contributed by atoms with E-state index in [2.05, 4.69) is 0 Å². The molecule has 164 valence electrons. The van der Waals surface area contributed by atoms with Crippen molar-refractivity contribution in [2.24, 2.45) is 0 Å². The highest BCUT2D eigenvalue weighted by molar-refractivity contribution is 6.45. The molecule has 0 aliphatic rings. The second-order valence-electron chi connectivity index (χ2n) is 6.15. The summed E-state index contributed by atoms with van der Waals surface area (Å²) >= 11 is 0. The zero-order valence-electron chi connectivity index (χ0n) is 17.0. The number of ketones is 4. The van der Waals surface area contributed by atoms with Gasteiger partial charge in [0.25, 0.3) is 0 Å². The first kappa shape index (κ1) is 23.4. The summed E-state index contributed by atoms with van der Waals surface area (Å²) in [4.78, 5) is 48.5. The molecule has 10 nitrogen and oxygen atoms in total. The molecule has 0 heterocycles. The highest BCUT2D eigenvalue weighted by Crippen LogP contribution is 2.38. The third-order valence-electron chi connectivity index (χ3n) is 4.06. The van der Waals surface area contributed by atoms with Gasteiger partial charge in [0.15, 0.2) is 11.5 Å². The van der Waals surface area contributed by atoms with Crippen molar-refractivity contribution in [2.45, 2.75) is 0 Å². The highest BCUT2D eigenvalue weighted by Gasteiger charge is 2.23. The van der Waals surface area contributed by atoms with Crippen molar-refractivity contribution in [3.63, 3.8) is 0 Å².